The van der Waals surface area contributed by atoms with Crippen LogP contribution in [0.3, 0.4) is 0 Å². The Balaban J connectivity index is 3.44. The lowest BCUT2D eigenvalue weighted by atomic mass is 10.2. The van der Waals surface area contributed by atoms with Crippen LogP contribution in [-0.4, -0.2) is 29.6 Å². The average molecular weight is 386 g/mol. The molecule has 0 bridgehead atoms. The molecule has 0 aliphatic carbocycles. The Labute approximate surface area is 93.5 Å². The average Bonchev–Trinajstić information content (AvgIpc) is 1.86. The monoisotopic (exact) mass is 386 g/mol. The second kappa shape index (κ2) is 5.90. The Morgan fingerprint density at radius 1 is 1.18 bits per heavy atom. The van der Waals surface area contributed by atoms with E-state index < -0.39 is 9.90 Å². The highest BCUT2D eigenvalue weighted by Crippen LogP contribution is 2.19. The lowest BCUT2D eigenvalue weighted by molar-refractivity contribution is -0.307. The molecule has 0 heterocycles. The summed E-state index contributed by atoms with van der Waals surface area (Å²) in [4.78, 5) is 0. The molecule has 0 spiro atoms. The third-order valence-corrected chi connectivity index (χ3v) is 3.48. The van der Waals surface area contributed by atoms with Crippen LogP contribution in [0, 0.1) is 0 Å². The van der Waals surface area contributed by atoms with Crippen molar-refractivity contribution < 1.29 is 15.3 Å². The maximum Gasteiger partial charge on any atom is 0.287 e. The molecule has 1 atom stereocenters. The Hall–Kier alpha value is 1.34. The van der Waals surface area contributed by atoms with Gasteiger partial charge in [-0.2, -0.15) is 0 Å². The van der Waals surface area contributed by atoms with E-state index in [-0.39, 0.29) is 0 Å². The quantitative estimate of drug-likeness (QED) is 0.287. The SMILES string of the molecule is OC(O)(O)C(I)CCCCI. The highest BCUT2D eigenvalue weighted by atomic mass is 127. The summed E-state index contributed by atoms with van der Waals surface area (Å²) in [5.74, 6) is -2.51. The summed E-state index contributed by atoms with van der Waals surface area (Å²) in [5.41, 5.74) is 0. The van der Waals surface area contributed by atoms with Crippen molar-refractivity contribution in [1.82, 2.24) is 0 Å². The van der Waals surface area contributed by atoms with Gasteiger partial charge in [-0.15, -0.1) is 0 Å². The molecule has 0 amide bonds. The molecule has 0 aliphatic rings. The first-order valence-electron chi connectivity index (χ1n) is 3.35. The van der Waals surface area contributed by atoms with Gasteiger partial charge in [-0.3, -0.25) is 0 Å². The molecule has 0 rings (SSSR count). The third kappa shape index (κ3) is 6.50. The molecule has 0 fully saturated rings. The molecule has 3 nitrogen and oxygen atoms in total. The summed E-state index contributed by atoms with van der Waals surface area (Å²) in [6, 6.07) is 0. The Bertz CT molecular complexity index is 102. The van der Waals surface area contributed by atoms with Gasteiger partial charge in [0.05, 0.1) is 3.92 Å². The first-order chi connectivity index (χ1) is 4.98. The van der Waals surface area contributed by atoms with E-state index in [2.05, 4.69) is 22.6 Å². The molecule has 0 aliphatic heterocycles. The van der Waals surface area contributed by atoms with Gasteiger partial charge in [0.2, 0.25) is 0 Å². The van der Waals surface area contributed by atoms with E-state index in [4.69, 9.17) is 15.3 Å². The van der Waals surface area contributed by atoms with Crippen molar-refractivity contribution in [3.8, 4) is 0 Å². The van der Waals surface area contributed by atoms with E-state index in [1.807, 2.05) is 22.6 Å². The molecule has 0 aromatic carbocycles. The van der Waals surface area contributed by atoms with Gasteiger partial charge in [-0.1, -0.05) is 51.6 Å². The minimum absolute atomic E-state index is 0.497. The largest absolute Gasteiger partial charge is 0.343 e. The molecular formula is C6H12I2O3. The van der Waals surface area contributed by atoms with Crippen LogP contribution in [0.15, 0.2) is 0 Å². The molecule has 0 aromatic heterocycles. The zero-order valence-electron chi connectivity index (χ0n) is 6.00. The van der Waals surface area contributed by atoms with Gasteiger partial charge in [0, 0.05) is 0 Å². The van der Waals surface area contributed by atoms with Gasteiger partial charge in [-0.05, 0) is 17.3 Å². The van der Waals surface area contributed by atoms with E-state index in [0.29, 0.717) is 6.42 Å². The summed E-state index contributed by atoms with van der Waals surface area (Å²) < 4.78 is 0.569. The standard InChI is InChI=1S/C6H12I2O3/c7-4-2-1-3-5(8)6(9,10)11/h5,9-11H,1-4H2. The van der Waals surface area contributed by atoms with Crippen LogP contribution in [0.5, 0.6) is 0 Å². The maximum atomic E-state index is 8.69. The molecule has 0 radical (unpaired) electrons. The zero-order chi connectivity index (χ0) is 8.91. The second-order valence-electron chi connectivity index (χ2n) is 2.34. The number of aliphatic hydroxyl groups is 3. The van der Waals surface area contributed by atoms with Gasteiger partial charge in [0.25, 0.3) is 5.97 Å². The van der Waals surface area contributed by atoms with Crippen molar-refractivity contribution >= 4 is 45.2 Å². The van der Waals surface area contributed by atoms with Gasteiger partial charge >= 0.3 is 0 Å². The van der Waals surface area contributed by atoms with Crippen LogP contribution in [0.4, 0.5) is 0 Å². The summed E-state index contributed by atoms with van der Waals surface area (Å²) in [5, 5.41) is 26.1. The summed E-state index contributed by atoms with van der Waals surface area (Å²) in [7, 11) is 0. The maximum absolute atomic E-state index is 8.69. The number of rotatable bonds is 5. The van der Waals surface area contributed by atoms with Crippen LogP contribution in [-0.2, 0) is 0 Å². The van der Waals surface area contributed by atoms with Crippen molar-refractivity contribution in [2.24, 2.45) is 0 Å². The van der Waals surface area contributed by atoms with E-state index >= 15 is 0 Å². The van der Waals surface area contributed by atoms with Crippen LogP contribution in [0.2, 0.25) is 0 Å². The Kier molecular flexibility index (Phi) is 6.61. The van der Waals surface area contributed by atoms with E-state index in [1.165, 1.54) is 0 Å². The van der Waals surface area contributed by atoms with Crippen LogP contribution in [0.25, 0.3) is 0 Å². The number of hydrogen-bond donors (Lipinski definition) is 3. The predicted molar refractivity (Wildman–Crippen MR) is 59.9 cm³/mol. The number of alkyl halides is 2. The fourth-order valence-electron chi connectivity index (χ4n) is 0.612. The fraction of sp³-hybridized carbons (Fsp3) is 1.00. The van der Waals surface area contributed by atoms with Crippen molar-refractivity contribution in [3.05, 3.63) is 0 Å². The van der Waals surface area contributed by atoms with Crippen LogP contribution < -0.4 is 0 Å². The molecular weight excluding hydrogens is 374 g/mol. The van der Waals surface area contributed by atoms with E-state index in [0.717, 1.165) is 17.3 Å². The van der Waals surface area contributed by atoms with Crippen molar-refractivity contribution in [2.45, 2.75) is 29.2 Å². The van der Waals surface area contributed by atoms with E-state index in [9.17, 15) is 0 Å². The molecule has 3 N–H and O–H groups in total. The number of halogens is 2. The molecule has 0 saturated carbocycles. The highest BCUT2D eigenvalue weighted by molar-refractivity contribution is 14.1. The highest BCUT2D eigenvalue weighted by Gasteiger charge is 2.28. The number of unbranched alkanes of at least 4 members (excludes halogenated alkanes) is 1. The van der Waals surface area contributed by atoms with Gasteiger partial charge in [0.15, 0.2) is 0 Å². The predicted octanol–water partition coefficient (Wildman–Crippen LogP) is 1.03. The lowest BCUT2D eigenvalue weighted by Gasteiger charge is -2.20. The lowest BCUT2D eigenvalue weighted by Crippen LogP contribution is -2.37. The Morgan fingerprint density at radius 2 is 1.73 bits per heavy atom. The second-order valence-corrected chi connectivity index (χ2v) is 4.92. The molecule has 0 saturated heterocycles. The normalized spacial score (nSPS) is 15.0. The topological polar surface area (TPSA) is 60.7 Å². The van der Waals surface area contributed by atoms with Crippen LogP contribution >= 0.6 is 45.2 Å². The van der Waals surface area contributed by atoms with Gasteiger partial charge in [-0.25, -0.2) is 0 Å². The minimum Gasteiger partial charge on any atom is -0.343 e. The zero-order valence-corrected chi connectivity index (χ0v) is 10.3. The fourth-order valence-corrected chi connectivity index (χ4v) is 1.59. The summed E-state index contributed by atoms with van der Waals surface area (Å²) in [6.45, 7) is 0. The minimum atomic E-state index is -2.51. The van der Waals surface area contributed by atoms with Crippen molar-refractivity contribution in [3.63, 3.8) is 0 Å². The summed E-state index contributed by atoms with van der Waals surface area (Å²) in [6.07, 6.45) is 2.60. The number of hydrogen-bond acceptors (Lipinski definition) is 3. The summed E-state index contributed by atoms with van der Waals surface area (Å²) >= 11 is 4.10. The first-order valence-corrected chi connectivity index (χ1v) is 6.12. The first kappa shape index (κ1) is 12.3. The molecule has 11 heavy (non-hydrogen) atoms. The third-order valence-electron chi connectivity index (χ3n) is 1.26. The molecule has 0 aromatic rings. The molecule has 5 heteroatoms. The molecule has 1 unspecified atom stereocenters. The van der Waals surface area contributed by atoms with Crippen LogP contribution in [0.1, 0.15) is 19.3 Å². The smallest absolute Gasteiger partial charge is 0.287 e. The van der Waals surface area contributed by atoms with Gasteiger partial charge in [0.1, 0.15) is 0 Å². The Morgan fingerprint density at radius 3 is 2.09 bits per heavy atom. The van der Waals surface area contributed by atoms with E-state index in [1.54, 1.807) is 0 Å². The molecule has 68 valence electrons. The van der Waals surface area contributed by atoms with Crippen molar-refractivity contribution in [1.29, 1.82) is 0 Å². The van der Waals surface area contributed by atoms with Gasteiger partial charge < -0.3 is 15.3 Å². The van der Waals surface area contributed by atoms with Crippen molar-refractivity contribution in [2.75, 3.05) is 4.43 Å².